The third-order valence-electron chi connectivity index (χ3n) is 3.62. The van der Waals surface area contributed by atoms with Gasteiger partial charge in [-0.05, 0) is 43.7 Å². The highest BCUT2D eigenvalue weighted by molar-refractivity contribution is 8.00. The fourth-order valence-electron chi connectivity index (χ4n) is 2.44. The fourth-order valence-corrected chi connectivity index (χ4v) is 3.35. The maximum absolute atomic E-state index is 12.4. The summed E-state index contributed by atoms with van der Waals surface area (Å²) in [5.74, 6) is 0.782. The van der Waals surface area contributed by atoms with Crippen molar-refractivity contribution >= 4 is 29.1 Å². The number of benzene rings is 2. The van der Waals surface area contributed by atoms with Crippen molar-refractivity contribution in [1.82, 2.24) is 0 Å². The number of aryl methyl sites for hydroxylation is 2. The molecule has 0 atom stereocenters. The molecular weight excluding hydrogens is 310 g/mol. The van der Waals surface area contributed by atoms with Gasteiger partial charge in [-0.2, -0.15) is 0 Å². The zero-order valence-electron chi connectivity index (χ0n) is 13.0. The molecule has 1 heterocycles. The van der Waals surface area contributed by atoms with Gasteiger partial charge in [0.15, 0.2) is 12.4 Å². The van der Waals surface area contributed by atoms with E-state index in [1.54, 1.807) is 18.2 Å². The topological polar surface area (TPSA) is 55.4 Å². The Hall–Kier alpha value is -2.27. The fraction of sp³-hybridized carbons (Fsp3) is 0.222. The number of ether oxygens (including phenoxy) is 1. The number of amides is 1. The van der Waals surface area contributed by atoms with E-state index in [0.717, 1.165) is 4.90 Å². The van der Waals surface area contributed by atoms with Crippen LogP contribution in [0.5, 0.6) is 5.75 Å². The van der Waals surface area contributed by atoms with Gasteiger partial charge in [-0.15, -0.1) is 11.8 Å². The number of carbonyl (C=O) groups is 2. The molecule has 0 fully saturated rings. The lowest BCUT2D eigenvalue weighted by Crippen LogP contribution is -2.25. The normalized spacial score (nSPS) is 13.0. The maximum Gasteiger partial charge on any atom is 0.262 e. The second-order valence-electron chi connectivity index (χ2n) is 5.53. The van der Waals surface area contributed by atoms with E-state index >= 15 is 0 Å². The maximum atomic E-state index is 12.4. The first-order valence-corrected chi connectivity index (χ1v) is 8.31. The second-order valence-corrected chi connectivity index (χ2v) is 6.55. The molecular formula is C18H17NO3S. The summed E-state index contributed by atoms with van der Waals surface area (Å²) in [4.78, 5) is 24.9. The summed E-state index contributed by atoms with van der Waals surface area (Å²) in [6.45, 7) is 4.12. The van der Waals surface area contributed by atoms with E-state index in [9.17, 15) is 9.59 Å². The Morgan fingerprint density at radius 1 is 1.22 bits per heavy atom. The molecule has 3 rings (SSSR count). The molecule has 1 aliphatic rings. The van der Waals surface area contributed by atoms with E-state index in [4.69, 9.17) is 4.74 Å². The van der Waals surface area contributed by atoms with Crippen LogP contribution in [-0.2, 0) is 4.79 Å². The van der Waals surface area contributed by atoms with Crippen LogP contribution in [0.3, 0.4) is 0 Å². The highest BCUT2D eigenvalue weighted by Crippen LogP contribution is 2.30. The van der Waals surface area contributed by atoms with Crippen molar-refractivity contribution < 1.29 is 14.3 Å². The first-order valence-electron chi connectivity index (χ1n) is 7.33. The molecule has 5 heteroatoms. The van der Waals surface area contributed by atoms with Crippen molar-refractivity contribution in [1.29, 1.82) is 0 Å². The Balaban J connectivity index is 1.71. The smallest absolute Gasteiger partial charge is 0.262 e. The van der Waals surface area contributed by atoms with Crippen LogP contribution < -0.4 is 10.1 Å². The van der Waals surface area contributed by atoms with Crippen LogP contribution in [0.2, 0.25) is 0 Å². The molecule has 0 saturated carbocycles. The van der Waals surface area contributed by atoms with Crippen LogP contribution in [0.15, 0.2) is 41.3 Å². The number of hydrogen-bond donors (Lipinski definition) is 1. The van der Waals surface area contributed by atoms with Crippen molar-refractivity contribution in [3.05, 3.63) is 53.1 Å². The van der Waals surface area contributed by atoms with E-state index in [2.05, 4.69) is 18.3 Å². The van der Waals surface area contributed by atoms with E-state index < -0.39 is 0 Å². The van der Waals surface area contributed by atoms with Crippen LogP contribution in [0.4, 0.5) is 5.69 Å². The highest BCUT2D eigenvalue weighted by Gasteiger charge is 2.18. The average molecular weight is 327 g/mol. The molecule has 1 aliphatic heterocycles. The first-order chi connectivity index (χ1) is 11.0. The number of fused-ring (bicyclic) bond motifs is 1. The summed E-state index contributed by atoms with van der Waals surface area (Å²) in [6, 6.07) is 11.3. The number of carbonyl (C=O) groups excluding carboxylic acids is 2. The van der Waals surface area contributed by atoms with Gasteiger partial charge in [0.2, 0.25) is 0 Å². The van der Waals surface area contributed by atoms with Gasteiger partial charge in [0.25, 0.3) is 5.91 Å². The zero-order valence-corrected chi connectivity index (χ0v) is 13.8. The van der Waals surface area contributed by atoms with Gasteiger partial charge in [-0.3, -0.25) is 9.59 Å². The second kappa shape index (κ2) is 6.46. The number of Topliss-reactive ketones (excluding diaryl/α,β-unsaturated/α-hetero) is 1. The summed E-state index contributed by atoms with van der Waals surface area (Å²) >= 11 is 1.53. The van der Waals surface area contributed by atoms with Gasteiger partial charge < -0.3 is 10.1 Å². The molecule has 0 aromatic heterocycles. The van der Waals surface area contributed by atoms with Gasteiger partial charge in [0.1, 0.15) is 5.75 Å². The summed E-state index contributed by atoms with van der Waals surface area (Å²) in [5, 5.41) is 2.72. The standard InChI is InChI=1S/C18H17NO3S/c1-11-3-6-17(12(2)7-11)23-10-15(20)13-4-5-16-14(8-13)19-18(21)9-22-16/h3-8H,9-10H2,1-2H3,(H,19,21). The largest absolute Gasteiger partial charge is 0.482 e. The van der Waals surface area contributed by atoms with Gasteiger partial charge >= 0.3 is 0 Å². The minimum Gasteiger partial charge on any atom is -0.482 e. The average Bonchev–Trinajstić information content (AvgIpc) is 2.53. The van der Waals surface area contributed by atoms with Gasteiger partial charge in [-0.1, -0.05) is 17.7 Å². The lowest BCUT2D eigenvalue weighted by Gasteiger charge is -2.18. The molecule has 0 aliphatic carbocycles. The molecule has 0 spiro atoms. The number of nitrogens with one attached hydrogen (secondary N) is 1. The number of rotatable bonds is 4. The first kappa shape index (κ1) is 15.6. The minimum atomic E-state index is -0.202. The number of hydrogen-bond acceptors (Lipinski definition) is 4. The number of anilines is 1. The molecule has 0 unspecified atom stereocenters. The Labute approximate surface area is 139 Å². The summed E-state index contributed by atoms with van der Waals surface area (Å²) in [5.41, 5.74) is 3.52. The lowest BCUT2D eigenvalue weighted by atomic mass is 10.1. The molecule has 2 aromatic rings. The van der Waals surface area contributed by atoms with Crippen molar-refractivity contribution in [2.75, 3.05) is 17.7 Å². The van der Waals surface area contributed by atoms with Gasteiger partial charge in [0, 0.05) is 10.5 Å². The van der Waals surface area contributed by atoms with Crippen LogP contribution in [0.25, 0.3) is 0 Å². The summed E-state index contributed by atoms with van der Waals surface area (Å²) in [6.07, 6.45) is 0. The van der Waals surface area contributed by atoms with E-state index in [0.29, 0.717) is 22.8 Å². The van der Waals surface area contributed by atoms with Crippen molar-refractivity contribution in [3.8, 4) is 5.75 Å². The van der Waals surface area contributed by atoms with E-state index in [1.165, 1.54) is 22.9 Å². The third kappa shape index (κ3) is 3.56. The molecule has 4 nitrogen and oxygen atoms in total. The Morgan fingerprint density at radius 3 is 2.83 bits per heavy atom. The van der Waals surface area contributed by atoms with Gasteiger partial charge in [-0.25, -0.2) is 0 Å². The predicted octanol–water partition coefficient (Wildman–Crippen LogP) is 3.61. The lowest BCUT2D eigenvalue weighted by molar-refractivity contribution is -0.118. The quantitative estimate of drug-likeness (QED) is 0.688. The number of ketones is 1. The van der Waals surface area contributed by atoms with Crippen LogP contribution in [0, 0.1) is 13.8 Å². The highest BCUT2D eigenvalue weighted by atomic mass is 32.2. The zero-order chi connectivity index (χ0) is 16.4. The van der Waals surface area contributed by atoms with E-state index in [1.807, 2.05) is 19.1 Å². The van der Waals surface area contributed by atoms with Crippen molar-refractivity contribution in [2.24, 2.45) is 0 Å². The van der Waals surface area contributed by atoms with Crippen LogP contribution in [0.1, 0.15) is 21.5 Å². The summed E-state index contributed by atoms with van der Waals surface area (Å²) < 4.78 is 5.30. The van der Waals surface area contributed by atoms with Gasteiger partial charge in [0.05, 0.1) is 11.4 Å². The molecule has 0 radical (unpaired) electrons. The molecule has 2 aromatic carbocycles. The molecule has 0 saturated heterocycles. The Bertz CT molecular complexity index is 786. The molecule has 23 heavy (non-hydrogen) atoms. The van der Waals surface area contributed by atoms with Crippen molar-refractivity contribution in [2.45, 2.75) is 18.7 Å². The Morgan fingerprint density at radius 2 is 2.04 bits per heavy atom. The predicted molar refractivity (Wildman–Crippen MR) is 91.5 cm³/mol. The molecule has 118 valence electrons. The molecule has 0 bridgehead atoms. The monoisotopic (exact) mass is 327 g/mol. The van der Waals surface area contributed by atoms with Crippen LogP contribution in [-0.4, -0.2) is 24.1 Å². The SMILES string of the molecule is Cc1ccc(SCC(=O)c2ccc3c(c2)NC(=O)CO3)c(C)c1. The molecule has 1 N–H and O–H groups in total. The van der Waals surface area contributed by atoms with Crippen LogP contribution >= 0.6 is 11.8 Å². The minimum absolute atomic E-state index is 0.0167. The number of thioether (sulfide) groups is 1. The molecule has 1 amide bonds. The van der Waals surface area contributed by atoms with Crippen molar-refractivity contribution in [3.63, 3.8) is 0 Å². The Kier molecular flexibility index (Phi) is 4.39. The third-order valence-corrected chi connectivity index (χ3v) is 4.80. The van der Waals surface area contributed by atoms with E-state index in [-0.39, 0.29) is 18.3 Å². The summed E-state index contributed by atoms with van der Waals surface area (Å²) in [7, 11) is 0.